The molecule has 0 spiro atoms. The van der Waals surface area contributed by atoms with Gasteiger partial charge in [-0.2, -0.15) is 0 Å². The van der Waals surface area contributed by atoms with E-state index in [4.69, 9.17) is 14.2 Å². The quantitative estimate of drug-likeness (QED) is 0.343. The molecule has 0 aromatic heterocycles. The minimum Gasteiger partial charge on any atom is -0.493 e. The zero-order chi connectivity index (χ0) is 21.8. The topological polar surface area (TPSA) is 57.1 Å². The van der Waals surface area contributed by atoms with E-state index in [-0.39, 0.29) is 11.6 Å². The number of carbonyl (C=O) groups excluding carboxylic acids is 1. The highest BCUT2D eigenvalue weighted by atomic mass is 79.9. The third-order valence-corrected chi connectivity index (χ3v) is 4.96. The van der Waals surface area contributed by atoms with Gasteiger partial charge in [-0.05, 0) is 59.7 Å². The van der Waals surface area contributed by atoms with E-state index in [2.05, 4.69) is 20.9 Å². The summed E-state index contributed by atoms with van der Waals surface area (Å²) in [6.45, 7) is 0.379. The molecule has 0 aliphatic carbocycles. The Morgan fingerprint density at radius 2 is 1.90 bits per heavy atom. The number of rotatable bonds is 6. The second-order valence-corrected chi connectivity index (χ2v) is 7.59. The molecule has 4 rings (SSSR count). The van der Waals surface area contributed by atoms with Gasteiger partial charge in [0.2, 0.25) is 5.90 Å². The molecule has 0 radical (unpaired) electrons. The number of nitrogens with zero attached hydrogens (tertiary/aromatic N) is 1. The van der Waals surface area contributed by atoms with E-state index in [9.17, 15) is 9.18 Å². The Balaban J connectivity index is 1.54. The van der Waals surface area contributed by atoms with Gasteiger partial charge in [0.15, 0.2) is 17.2 Å². The highest BCUT2D eigenvalue weighted by Gasteiger charge is 2.24. The molecule has 3 aromatic carbocycles. The first-order valence-electron chi connectivity index (χ1n) is 9.35. The van der Waals surface area contributed by atoms with Gasteiger partial charge in [-0.15, -0.1) is 0 Å². The van der Waals surface area contributed by atoms with Crippen LogP contribution in [0, 0.1) is 5.82 Å². The third-order valence-electron chi connectivity index (χ3n) is 4.47. The van der Waals surface area contributed by atoms with E-state index in [0.717, 1.165) is 10.0 Å². The number of ether oxygens (including phenoxy) is 3. The van der Waals surface area contributed by atoms with E-state index in [0.29, 0.717) is 29.2 Å². The maximum Gasteiger partial charge on any atom is 0.363 e. The first-order chi connectivity index (χ1) is 15.0. The summed E-state index contributed by atoms with van der Waals surface area (Å²) < 4.78 is 30.9. The van der Waals surface area contributed by atoms with Crippen LogP contribution >= 0.6 is 15.9 Å². The highest BCUT2D eigenvalue weighted by Crippen LogP contribution is 2.30. The second kappa shape index (κ2) is 9.14. The normalized spacial score (nSPS) is 14.4. The lowest BCUT2D eigenvalue weighted by Gasteiger charge is -2.11. The van der Waals surface area contributed by atoms with Crippen molar-refractivity contribution in [1.82, 2.24) is 0 Å². The molecule has 1 aliphatic heterocycles. The summed E-state index contributed by atoms with van der Waals surface area (Å²) in [6.07, 6.45) is 1.58. The Kier molecular flexibility index (Phi) is 6.13. The number of carbonyl (C=O) groups is 1. The highest BCUT2D eigenvalue weighted by molar-refractivity contribution is 9.10. The van der Waals surface area contributed by atoms with Gasteiger partial charge in [0.25, 0.3) is 0 Å². The minimum absolute atomic E-state index is 0.0664. The Labute approximate surface area is 186 Å². The van der Waals surface area contributed by atoms with Crippen LogP contribution < -0.4 is 9.47 Å². The predicted molar refractivity (Wildman–Crippen MR) is 118 cm³/mol. The fourth-order valence-corrected chi connectivity index (χ4v) is 3.44. The zero-order valence-electron chi connectivity index (χ0n) is 16.5. The largest absolute Gasteiger partial charge is 0.493 e. The molecule has 0 amide bonds. The molecule has 7 heteroatoms. The number of hydrogen-bond acceptors (Lipinski definition) is 5. The number of methoxy groups -OCH3 is 1. The second-order valence-electron chi connectivity index (χ2n) is 6.68. The van der Waals surface area contributed by atoms with Gasteiger partial charge in [-0.3, -0.25) is 0 Å². The smallest absolute Gasteiger partial charge is 0.363 e. The average Bonchev–Trinajstić information content (AvgIpc) is 3.13. The van der Waals surface area contributed by atoms with E-state index in [1.807, 2.05) is 24.3 Å². The van der Waals surface area contributed by atoms with Crippen LogP contribution in [-0.2, 0) is 16.1 Å². The molecule has 0 fully saturated rings. The van der Waals surface area contributed by atoms with Gasteiger partial charge >= 0.3 is 5.97 Å². The Morgan fingerprint density at radius 1 is 1.06 bits per heavy atom. The van der Waals surface area contributed by atoms with Crippen molar-refractivity contribution in [3.05, 3.63) is 99.4 Å². The molecular weight excluding hydrogens is 465 g/mol. The molecule has 0 saturated heterocycles. The number of benzene rings is 3. The van der Waals surface area contributed by atoms with Gasteiger partial charge in [0.05, 0.1) is 7.11 Å². The molecule has 0 bridgehead atoms. The molecule has 0 saturated carbocycles. The molecular formula is C24H17BrFNO4. The maximum absolute atomic E-state index is 13.4. The summed E-state index contributed by atoms with van der Waals surface area (Å²) in [5.41, 5.74) is 2.20. The van der Waals surface area contributed by atoms with E-state index in [1.54, 1.807) is 37.5 Å². The van der Waals surface area contributed by atoms with Crippen LogP contribution in [0.3, 0.4) is 0 Å². The van der Waals surface area contributed by atoms with Gasteiger partial charge in [-0.1, -0.05) is 40.2 Å². The number of halogens is 2. The van der Waals surface area contributed by atoms with Crippen molar-refractivity contribution in [3.8, 4) is 11.5 Å². The molecule has 3 aromatic rings. The van der Waals surface area contributed by atoms with Crippen LogP contribution in [-0.4, -0.2) is 19.0 Å². The Morgan fingerprint density at radius 3 is 2.68 bits per heavy atom. The van der Waals surface area contributed by atoms with Gasteiger partial charge in [-0.25, -0.2) is 14.2 Å². The van der Waals surface area contributed by atoms with Crippen LogP contribution in [0.2, 0.25) is 0 Å². The van der Waals surface area contributed by atoms with Gasteiger partial charge in [0, 0.05) is 10.0 Å². The molecule has 31 heavy (non-hydrogen) atoms. The molecule has 0 atom stereocenters. The molecule has 0 unspecified atom stereocenters. The fraction of sp³-hybridized carbons (Fsp3) is 0.0833. The SMILES string of the molecule is COc1cc(/C=C2\N=C(c3cccc(F)c3)OC2=O)ccc1OCc1cccc(Br)c1. The van der Waals surface area contributed by atoms with Crippen LogP contribution in [0.1, 0.15) is 16.7 Å². The molecule has 1 aliphatic rings. The maximum atomic E-state index is 13.4. The summed E-state index contributed by atoms with van der Waals surface area (Å²) in [6, 6.07) is 18.8. The van der Waals surface area contributed by atoms with Crippen molar-refractivity contribution in [3.63, 3.8) is 0 Å². The monoisotopic (exact) mass is 481 g/mol. The number of aliphatic imine (C=N–C) groups is 1. The van der Waals surface area contributed by atoms with E-state index < -0.39 is 11.8 Å². The lowest BCUT2D eigenvalue weighted by atomic mass is 10.1. The standard InChI is InChI=1S/C24H17BrFNO4/c1-29-22-12-15(8-9-21(22)30-14-16-4-2-6-18(25)10-16)11-20-24(28)31-23(27-20)17-5-3-7-19(26)13-17/h2-13H,14H2,1H3/b20-11-. The van der Waals surface area contributed by atoms with E-state index in [1.165, 1.54) is 18.2 Å². The van der Waals surface area contributed by atoms with Crippen molar-refractivity contribution >= 4 is 33.9 Å². The van der Waals surface area contributed by atoms with Crippen molar-refractivity contribution in [2.45, 2.75) is 6.61 Å². The molecule has 5 nitrogen and oxygen atoms in total. The third kappa shape index (κ3) is 5.00. The van der Waals surface area contributed by atoms with Crippen molar-refractivity contribution in [2.24, 2.45) is 4.99 Å². The fourth-order valence-electron chi connectivity index (χ4n) is 2.99. The molecule has 0 N–H and O–H groups in total. The Hall–Kier alpha value is -3.45. The summed E-state index contributed by atoms with van der Waals surface area (Å²) in [7, 11) is 1.54. The van der Waals surface area contributed by atoms with Crippen LogP contribution in [0.25, 0.3) is 6.08 Å². The summed E-state index contributed by atoms with van der Waals surface area (Å²) >= 11 is 3.44. The van der Waals surface area contributed by atoms with E-state index >= 15 is 0 Å². The lowest BCUT2D eigenvalue weighted by molar-refractivity contribution is -0.129. The first kappa shape index (κ1) is 20.8. The summed E-state index contributed by atoms with van der Waals surface area (Å²) in [4.78, 5) is 16.4. The average molecular weight is 482 g/mol. The van der Waals surface area contributed by atoms with Crippen molar-refractivity contribution in [2.75, 3.05) is 7.11 Å². The summed E-state index contributed by atoms with van der Waals surface area (Å²) in [5.74, 6) is 0.120. The van der Waals surface area contributed by atoms with Gasteiger partial charge in [0.1, 0.15) is 12.4 Å². The zero-order valence-corrected chi connectivity index (χ0v) is 18.1. The number of hydrogen-bond donors (Lipinski definition) is 0. The molecule has 1 heterocycles. The van der Waals surface area contributed by atoms with Crippen molar-refractivity contribution < 1.29 is 23.4 Å². The van der Waals surface area contributed by atoms with Crippen LogP contribution in [0.15, 0.2) is 81.9 Å². The minimum atomic E-state index is -0.604. The predicted octanol–water partition coefficient (Wildman–Crippen LogP) is 5.52. The first-order valence-corrected chi connectivity index (χ1v) is 10.1. The summed E-state index contributed by atoms with van der Waals surface area (Å²) in [5, 5.41) is 0. The van der Waals surface area contributed by atoms with Crippen LogP contribution in [0.5, 0.6) is 11.5 Å². The molecule has 156 valence electrons. The Bertz CT molecular complexity index is 1210. The van der Waals surface area contributed by atoms with Crippen LogP contribution in [0.4, 0.5) is 4.39 Å². The van der Waals surface area contributed by atoms with Crippen molar-refractivity contribution in [1.29, 1.82) is 0 Å². The number of esters is 1. The number of cyclic esters (lactones) is 1. The van der Waals surface area contributed by atoms with Gasteiger partial charge < -0.3 is 14.2 Å². The lowest BCUT2D eigenvalue weighted by Crippen LogP contribution is -2.05.